The molecule has 9 heteroatoms. The molecule has 29 heavy (non-hydrogen) atoms. The first-order chi connectivity index (χ1) is 14.0. The SMILES string of the molecule is O=C(CCNS(=O)(=O)c1ccc2c(c1)OCCCO2)N1CCN(CC2CC2)CC1. The Bertz CT molecular complexity index is 833. The molecule has 2 heterocycles. The van der Waals surface area contributed by atoms with Crippen molar-refractivity contribution in [2.75, 3.05) is 52.5 Å². The van der Waals surface area contributed by atoms with E-state index in [2.05, 4.69) is 9.62 Å². The smallest absolute Gasteiger partial charge is 0.240 e. The molecule has 1 aromatic carbocycles. The second kappa shape index (κ2) is 8.89. The van der Waals surface area contributed by atoms with Gasteiger partial charge in [-0.1, -0.05) is 0 Å². The average Bonchev–Trinajstić information content (AvgIpc) is 3.54. The molecule has 3 aliphatic rings. The third-order valence-electron chi connectivity index (χ3n) is 5.60. The predicted molar refractivity (Wildman–Crippen MR) is 108 cm³/mol. The lowest BCUT2D eigenvalue weighted by Gasteiger charge is -2.34. The Morgan fingerprint density at radius 1 is 1.07 bits per heavy atom. The predicted octanol–water partition coefficient (Wildman–Crippen LogP) is 1.07. The maximum absolute atomic E-state index is 12.6. The largest absolute Gasteiger partial charge is 0.490 e. The molecule has 0 radical (unpaired) electrons. The molecular weight excluding hydrogens is 394 g/mol. The van der Waals surface area contributed by atoms with Crippen LogP contribution in [0.2, 0.25) is 0 Å². The summed E-state index contributed by atoms with van der Waals surface area (Å²) in [4.78, 5) is 16.8. The molecule has 1 saturated carbocycles. The van der Waals surface area contributed by atoms with Crippen molar-refractivity contribution in [2.45, 2.75) is 30.6 Å². The summed E-state index contributed by atoms with van der Waals surface area (Å²) in [6, 6.07) is 4.59. The number of nitrogens with zero attached hydrogens (tertiary/aromatic N) is 2. The molecule has 0 atom stereocenters. The zero-order valence-electron chi connectivity index (χ0n) is 16.6. The van der Waals surface area contributed by atoms with Gasteiger partial charge < -0.3 is 14.4 Å². The molecular formula is C20H29N3O5S. The van der Waals surface area contributed by atoms with E-state index in [9.17, 15) is 13.2 Å². The van der Waals surface area contributed by atoms with E-state index in [0.29, 0.717) is 24.7 Å². The van der Waals surface area contributed by atoms with Gasteiger partial charge in [0.05, 0.1) is 18.1 Å². The van der Waals surface area contributed by atoms with E-state index in [1.165, 1.54) is 25.0 Å². The number of carbonyl (C=O) groups is 1. The van der Waals surface area contributed by atoms with Crippen LogP contribution in [0.25, 0.3) is 0 Å². The number of fused-ring (bicyclic) bond motifs is 1. The third kappa shape index (κ3) is 5.40. The van der Waals surface area contributed by atoms with Gasteiger partial charge in [-0.05, 0) is 30.9 Å². The van der Waals surface area contributed by atoms with Crippen molar-refractivity contribution >= 4 is 15.9 Å². The van der Waals surface area contributed by atoms with Gasteiger partial charge in [0.2, 0.25) is 15.9 Å². The van der Waals surface area contributed by atoms with Crippen LogP contribution < -0.4 is 14.2 Å². The highest BCUT2D eigenvalue weighted by Gasteiger charge is 2.27. The van der Waals surface area contributed by atoms with E-state index in [1.807, 2.05) is 4.90 Å². The zero-order valence-corrected chi connectivity index (χ0v) is 17.5. The Morgan fingerprint density at radius 2 is 1.79 bits per heavy atom. The topological polar surface area (TPSA) is 88.2 Å². The van der Waals surface area contributed by atoms with Gasteiger partial charge in [-0.3, -0.25) is 9.69 Å². The average molecular weight is 424 g/mol. The highest BCUT2D eigenvalue weighted by molar-refractivity contribution is 7.89. The number of benzene rings is 1. The maximum atomic E-state index is 12.6. The van der Waals surface area contributed by atoms with Gasteiger partial charge in [0, 0.05) is 58.2 Å². The number of rotatable bonds is 7. The van der Waals surface area contributed by atoms with Crippen molar-refractivity contribution in [3.63, 3.8) is 0 Å². The van der Waals surface area contributed by atoms with Crippen molar-refractivity contribution < 1.29 is 22.7 Å². The first-order valence-electron chi connectivity index (χ1n) is 10.4. The van der Waals surface area contributed by atoms with E-state index in [0.717, 1.165) is 45.1 Å². The second-order valence-corrected chi connectivity index (χ2v) is 9.70. The quantitative estimate of drug-likeness (QED) is 0.706. The molecule has 160 valence electrons. The summed E-state index contributed by atoms with van der Waals surface area (Å²) in [5.41, 5.74) is 0. The Kier molecular flexibility index (Phi) is 6.26. The van der Waals surface area contributed by atoms with E-state index >= 15 is 0 Å². The van der Waals surface area contributed by atoms with Gasteiger partial charge in [0.1, 0.15) is 0 Å². The molecule has 0 unspecified atom stereocenters. The van der Waals surface area contributed by atoms with Gasteiger partial charge in [-0.25, -0.2) is 13.1 Å². The summed E-state index contributed by atoms with van der Waals surface area (Å²) in [6.45, 7) is 5.53. The summed E-state index contributed by atoms with van der Waals surface area (Å²) in [5, 5.41) is 0. The van der Waals surface area contributed by atoms with Crippen molar-refractivity contribution in [2.24, 2.45) is 5.92 Å². The molecule has 0 bridgehead atoms. The van der Waals surface area contributed by atoms with Crippen LogP contribution in [0.1, 0.15) is 25.7 Å². The number of amides is 1. The van der Waals surface area contributed by atoms with Crippen LogP contribution in [-0.2, 0) is 14.8 Å². The molecule has 2 aliphatic heterocycles. The normalized spacial score (nSPS) is 20.3. The molecule has 4 rings (SSSR count). The van der Waals surface area contributed by atoms with E-state index in [-0.39, 0.29) is 23.8 Å². The van der Waals surface area contributed by atoms with Crippen LogP contribution in [0.15, 0.2) is 23.1 Å². The number of ether oxygens (including phenoxy) is 2. The molecule has 1 aromatic rings. The van der Waals surface area contributed by atoms with Gasteiger partial charge in [0.15, 0.2) is 11.5 Å². The minimum absolute atomic E-state index is 0.00238. The Hall–Kier alpha value is -1.84. The lowest BCUT2D eigenvalue weighted by molar-refractivity contribution is -0.132. The van der Waals surface area contributed by atoms with E-state index < -0.39 is 10.0 Å². The summed E-state index contributed by atoms with van der Waals surface area (Å²) in [6.07, 6.45) is 3.59. The summed E-state index contributed by atoms with van der Waals surface area (Å²) < 4.78 is 38.8. The minimum atomic E-state index is -3.71. The first-order valence-corrected chi connectivity index (χ1v) is 11.9. The molecule has 0 aromatic heterocycles. The first kappa shape index (κ1) is 20.4. The fourth-order valence-electron chi connectivity index (χ4n) is 3.69. The molecule has 8 nitrogen and oxygen atoms in total. The van der Waals surface area contributed by atoms with Gasteiger partial charge in [0.25, 0.3) is 0 Å². The van der Waals surface area contributed by atoms with E-state index in [4.69, 9.17) is 9.47 Å². The van der Waals surface area contributed by atoms with Crippen molar-refractivity contribution in [1.29, 1.82) is 0 Å². The zero-order chi connectivity index (χ0) is 20.3. The summed E-state index contributed by atoms with van der Waals surface area (Å²) >= 11 is 0. The molecule has 1 saturated heterocycles. The Balaban J connectivity index is 1.25. The van der Waals surface area contributed by atoms with Crippen LogP contribution in [0.5, 0.6) is 11.5 Å². The van der Waals surface area contributed by atoms with Crippen molar-refractivity contribution in [3.05, 3.63) is 18.2 Å². The fraction of sp³-hybridized carbons (Fsp3) is 0.650. The number of sulfonamides is 1. The third-order valence-corrected chi connectivity index (χ3v) is 7.06. The lowest BCUT2D eigenvalue weighted by atomic mass is 10.2. The molecule has 2 fully saturated rings. The van der Waals surface area contributed by atoms with Crippen LogP contribution in [0.3, 0.4) is 0 Å². The van der Waals surface area contributed by atoms with Crippen molar-refractivity contribution in [3.8, 4) is 11.5 Å². The minimum Gasteiger partial charge on any atom is -0.490 e. The van der Waals surface area contributed by atoms with Crippen LogP contribution in [0, 0.1) is 5.92 Å². The highest BCUT2D eigenvalue weighted by Crippen LogP contribution is 2.32. The monoisotopic (exact) mass is 423 g/mol. The highest BCUT2D eigenvalue weighted by atomic mass is 32.2. The Labute approximate surface area is 172 Å². The summed E-state index contributed by atoms with van der Waals surface area (Å²) in [5.74, 6) is 1.84. The standard InChI is InChI=1S/C20H29N3O5S/c24-20(23-10-8-22(9-11-23)15-16-2-3-16)6-7-21-29(25,26)17-4-5-18-19(14-17)28-13-1-12-27-18/h4-5,14,16,21H,1-3,6-13,15H2. The van der Waals surface area contributed by atoms with Crippen molar-refractivity contribution in [1.82, 2.24) is 14.5 Å². The number of carbonyl (C=O) groups excluding carboxylic acids is 1. The lowest BCUT2D eigenvalue weighted by Crippen LogP contribution is -2.49. The Morgan fingerprint density at radius 3 is 2.52 bits per heavy atom. The van der Waals surface area contributed by atoms with Gasteiger partial charge in [-0.15, -0.1) is 0 Å². The fourth-order valence-corrected chi connectivity index (χ4v) is 4.74. The molecule has 1 N–H and O–H groups in total. The molecule has 1 amide bonds. The van der Waals surface area contributed by atoms with Gasteiger partial charge >= 0.3 is 0 Å². The number of hydrogen-bond donors (Lipinski definition) is 1. The second-order valence-electron chi connectivity index (χ2n) is 7.93. The summed E-state index contributed by atoms with van der Waals surface area (Å²) in [7, 11) is -3.71. The van der Waals surface area contributed by atoms with E-state index in [1.54, 1.807) is 6.07 Å². The van der Waals surface area contributed by atoms with Crippen LogP contribution in [0.4, 0.5) is 0 Å². The van der Waals surface area contributed by atoms with Gasteiger partial charge in [-0.2, -0.15) is 0 Å². The van der Waals surface area contributed by atoms with Crippen LogP contribution >= 0.6 is 0 Å². The van der Waals surface area contributed by atoms with Crippen LogP contribution in [-0.4, -0.2) is 76.6 Å². The number of nitrogens with one attached hydrogen (secondary N) is 1. The maximum Gasteiger partial charge on any atom is 0.240 e. The number of hydrogen-bond acceptors (Lipinski definition) is 6. The molecule has 0 spiro atoms. The number of piperazine rings is 1. The molecule has 1 aliphatic carbocycles.